The summed E-state index contributed by atoms with van der Waals surface area (Å²) in [6.45, 7) is 3.13. The molecular formula is C29H23ClN4O8. The molecule has 0 spiro atoms. The Labute approximate surface area is 242 Å². The third kappa shape index (κ3) is 5.39. The summed E-state index contributed by atoms with van der Waals surface area (Å²) in [7, 11) is 1.54. The maximum atomic E-state index is 13.6. The molecule has 5 rings (SSSR count). The van der Waals surface area contributed by atoms with E-state index >= 15 is 0 Å². The molecule has 12 nitrogen and oxygen atoms in total. The highest BCUT2D eigenvalue weighted by Crippen LogP contribution is 2.37. The van der Waals surface area contributed by atoms with Gasteiger partial charge in [0, 0.05) is 11.6 Å². The van der Waals surface area contributed by atoms with Crippen LogP contribution in [0, 0.1) is 10.1 Å². The molecule has 1 atom stereocenters. The second-order valence-electron chi connectivity index (χ2n) is 8.92. The van der Waals surface area contributed by atoms with E-state index in [-0.39, 0.29) is 34.5 Å². The van der Waals surface area contributed by atoms with Crippen molar-refractivity contribution in [2.45, 2.75) is 20.0 Å². The van der Waals surface area contributed by atoms with Crippen molar-refractivity contribution in [1.29, 1.82) is 0 Å². The second-order valence-corrected chi connectivity index (χ2v) is 9.32. The van der Waals surface area contributed by atoms with Gasteiger partial charge in [-0.1, -0.05) is 29.8 Å². The Balaban J connectivity index is 1.62. The van der Waals surface area contributed by atoms with Gasteiger partial charge in [0.25, 0.3) is 5.56 Å². The maximum absolute atomic E-state index is 13.6. The minimum absolute atomic E-state index is 0.0945. The van der Waals surface area contributed by atoms with Crippen molar-refractivity contribution in [3.63, 3.8) is 0 Å². The van der Waals surface area contributed by atoms with E-state index in [1.54, 1.807) is 55.5 Å². The standard InChI is InChI=1S/C29H23ClN4O8/c1-4-40-29(36)16(2)41-26-20(30)12-17(13-22(26)34(37)38)15-31-33-27(32-21-9-6-5-8-18(21)28(33)35)25-14-19-23(39-3)10-7-11-24(19)42-25/h5-16H,4H2,1-3H3/t16-/m1/s1. The quantitative estimate of drug-likeness (QED) is 0.0926. The zero-order chi connectivity index (χ0) is 30.0. The lowest BCUT2D eigenvalue weighted by molar-refractivity contribution is -0.386. The summed E-state index contributed by atoms with van der Waals surface area (Å²) in [6, 6.07) is 16.3. The van der Waals surface area contributed by atoms with Crippen LogP contribution in [0.5, 0.6) is 11.5 Å². The molecule has 0 aliphatic heterocycles. The second kappa shape index (κ2) is 11.7. The Bertz CT molecular complexity index is 1930. The number of aromatic nitrogens is 2. The van der Waals surface area contributed by atoms with Crippen molar-refractivity contribution in [3.8, 4) is 23.1 Å². The molecule has 42 heavy (non-hydrogen) atoms. The molecule has 0 N–H and O–H groups in total. The van der Waals surface area contributed by atoms with E-state index < -0.39 is 28.2 Å². The first kappa shape index (κ1) is 28.3. The molecule has 0 bridgehead atoms. The molecule has 0 radical (unpaired) electrons. The summed E-state index contributed by atoms with van der Waals surface area (Å²) in [4.78, 5) is 41.4. The number of halogens is 1. The number of ether oxygens (including phenoxy) is 3. The van der Waals surface area contributed by atoms with Crippen molar-refractivity contribution in [3.05, 3.63) is 91.7 Å². The van der Waals surface area contributed by atoms with Gasteiger partial charge in [0.15, 0.2) is 11.9 Å². The molecule has 0 fully saturated rings. The average Bonchev–Trinajstić information content (AvgIpc) is 3.42. The fourth-order valence-electron chi connectivity index (χ4n) is 4.25. The van der Waals surface area contributed by atoms with Crippen LogP contribution in [0.25, 0.3) is 33.5 Å². The molecule has 13 heteroatoms. The van der Waals surface area contributed by atoms with Crippen LogP contribution in [-0.4, -0.2) is 46.6 Å². The molecule has 0 unspecified atom stereocenters. The van der Waals surface area contributed by atoms with E-state index in [4.69, 9.17) is 30.2 Å². The van der Waals surface area contributed by atoms with E-state index in [0.717, 1.165) is 10.7 Å². The number of hydrogen-bond acceptors (Lipinski definition) is 10. The van der Waals surface area contributed by atoms with Crippen molar-refractivity contribution >= 4 is 51.3 Å². The number of nitro benzene ring substituents is 1. The summed E-state index contributed by atoms with van der Waals surface area (Å²) in [5.74, 6) is -0.0947. The number of fused-ring (bicyclic) bond motifs is 2. The van der Waals surface area contributed by atoms with Gasteiger partial charge in [-0.25, -0.2) is 9.78 Å². The van der Waals surface area contributed by atoms with Crippen LogP contribution in [0.3, 0.4) is 0 Å². The van der Waals surface area contributed by atoms with Crippen LogP contribution in [-0.2, 0) is 9.53 Å². The molecule has 2 aromatic heterocycles. The van der Waals surface area contributed by atoms with Crippen LogP contribution < -0.4 is 15.0 Å². The highest BCUT2D eigenvalue weighted by molar-refractivity contribution is 6.32. The van der Waals surface area contributed by atoms with Gasteiger partial charge < -0.3 is 18.6 Å². The molecule has 3 aromatic carbocycles. The lowest BCUT2D eigenvalue weighted by Gasteiger charge is -2.14. The Morgan fingerprint density at radius 2 is 1.98 bits per heavy atom. The number of carbonyl (C=O) groups is 1. The molecule has 0 saturated carbocycles. The number of carbonyl (C=O) groups excluding carboxylic acids is 1. The lowest BCUT2D eigenvalue weighted by Crippen LogP contribution is -2.26. The fourth-order valence-corrected chi connectivity index (χ4v) is 4.52. The fraction of sp³-hybridized carbons (Fsp3) is 0.172. The van der Waals surface area contributed by atoms with Crippen molar-refractivity contribution in [2.75, 3.05) is 13.7 Å². The van der Waals surface area contributed by atoms with Gasteiger partial charge in [0.1, 0.15) is 11.3 Å². The van der Waals surface area contributed by atoms with E-state index in [1.165, 1.54) is 26.3 Å². The largest absolute Gasteiger partial charge is 0.496 e. The zero-order valence-electron chi connectivity index (χ0n) is 22.6. The van der Waals surface area contributed by atoms with Crippen LogP contribution in [0.4, 0.5) is 5.69 Å². The van der Waals surface area contributed by atoms with Crippen LogP contribution >= 0.6 is 11.6 Å². The predicted molar refractivity (Wildman–Crippen MR) is 156 cm³/mol. The topological polar surface area (TPSA) is 148 Å². The number of rotatable bonds is 9. The summed E-state index contributed by atoms with van der Waals surface area (Å²) >= 11 is 6.35. The van der Waals surface area contributed by atoms with E-state index in [9.17, 15) is 19.7 Å². The summed E-state index contributed by atoms with van der Waals surface area (Å²) in [5.41, 5.74) is 0.112. The van der Waals surface area contributed by atoms with Gasteiger partial charge in [-0.05, 0) is 50.2 Å². The van der Waals surface area contributed by atoms with Crippen molar-refractivity contribution < 1.29 is 28.3 Å². The zero-order valence-corrected chi connectivity index (χ0v) is 23.3. The molecule has 0 aliphatic rings. The normalized spacial score (nSPS) is 12.1. The Kier molecular flexibility index (Phi) is 7.89. The average molecular weight is 591 g/mol. The van der Waals surface area contributed by atoms with E-state index in [1.807, 2.05) is 0 Å². The van der Waals surface area contributed by atoms with Gasteiger partial charge in [0.05, 0.1) is 46.2 Å². The summed E-state index contributed by atoms with van der Waals surface area (Å²) in [6.07, 6.45) is 0.0788. The Morgan fingerprint density at radius 3 is 2.71 bits per heavy atom. The first-order valence-electron chi connectivity index (χ1n) is 12.7. The van der Waals surface area contributed by atoms with E-state index in [0.29, 0.717) is 27.6 Å². The van der Waals surface area contributed by atoms with Crippen molar-refractivity contribution in [1.82, 2.24) is 9.66 Å². The minimum Gasteiger partial charge on any atom is -0.496 e. The number of methoxy groups -OCH3 is 1. The smallest absolute Gasteiger partial charge is 0.347 e. The number of para-hydroxylation sites is 1. The van der Waals surface area contributed by atoms with Gasteiger partial charge >= 0.3 is 11.7 Å². The molecule has 214 valence electrons. The van der Waals surface area contributed by atoms with Crippen LogP contribution in [0.15, 0.2) is 75.0 Å². The third-order valence-electron chi connectivity index (χ3n) is 6.19. The Morgan fingerprint density at radius 1 is 1.19 bits per heavy atom. The highest BCUT2D eigenvalue weighted by Gasteiger charge is 2.26. The predicted octanol–water partition coefficient (Wildman–Crippen LogP) is 5.59. The number of hydrogen-bond donors (Lipinski definition) is 0. The number of esters is 1. The number of nitrogens with zero attached hydrogens (tertiary/aromatic N) is 4. The van der Waals surface area contributed by atoms with E-state index in [2.05, 4.69) is 10.1 Å². The summed E-state index contributed by atoms with van der Waals surface area (Å²) in [5, 5.41) is 17.0. The first-order chi connectivity index (χ1) is 20.2. The van der Waals surface area contributed by atoms with Gasteiger partial charge in [-0.2, -0.15) is 9.78 Å². The monoisotopic (exact) mass is 590 g/mol. The molecule has 5 aromatic rings. The van der Waals surface area contributed by atoms with Crippen LogP contribution in [0.1, 0.15) is 19.4 Å². The summed E-state index contributed by atoms with van der Waals surface area (Å²) < 4.78 is 22.9. The third-order valence-corrected chi connectivity index (χ3v) is 6.47. The number of nitro groups is 1. The van der Waals surface area contributed by atoms with Gasteiger partial charge in [-0.3, -0.25) is 14.9 Å². The van der Waals surface area contributed by atoms with Gasteiger partial charge in [-0.15, -0.1) is 0 Å². The minimum atomic E-state index is -1.15. The number of benzene rings is 3. The highest BCUT2D eigenvalue weighted by atomic mass is 35.5. The first-order valence-corrected chi connectivity index (χ1v) is 13.0. The SMILES string of the molecule is CCOC(=O)[C@@H](C)Oc1c(Cl)cc(C=Nn2c(-c3cc4c(OC)cccc4o3)nc3ccccc3c2=O)cc1[N+](=O)[O-]. The molecule has 0 amide bonds. The van der Waals surface area contributed by atoms with Crippen molar-refractivity contribution in [2.24, 2.45) is 5.10 Å². The number of furan rings is 1. The lowest BCUT2D eigenvalue weighted by atomic mass is 10.2. The molecule has 0 aliphatic carbocycles. The molecule has 0 saturated heterocycles. The Hall–Kier alpha value is -5.23. The van der Waals surface area contributed by atoms with Crippen LogP contribution in [0.2, 0.25) is 5.02 Å². The van der Waals surface area contributed by atoms with Gasteiger partial charge in [0.2, 0.25) is 11.6 Å². The molecular weight excluding hydrogens is 568 g/mol. The maximum Gasteiger partial charge on any atom is 0.347 e. The molecule has 2 heterocycles.